The summed E-state index contributed by atoms with van der Waals surface area (Å²) in [6.45, 7) is 5.24. The van der Waals surface area contributed by atoms with Gasteiger partial charge in [0.1, 0.15) is 6.10 Å². The van der Waals surface area contributed by atoms with E-state index >= 15 is 0 Å². The minimum atomic E-state index is -4.35. The maximum absolute atomic E-state index is 12.4. The van der Waals surface area contributed by atoms with Gasteiger partial charge in [0, 0.05) is 6.20 Å². The highest BCUT2D eigenvalue weighted by molar-refractivity contribution is 7.54. The summed E-state index contributed by atoms with van der Waals surface area (Å²) in [4.78, 5) is 28.6. The van der Waals surface area contributed by atoms with E-state index in [1.807, 2.05) is 0 Å². The van der Waals surface area contributed by atoms with Crippen LogP contribution < -0.4 is 11.3 Å². The number of fused-ring (bicyclic) bond motifs is 1. The summed E-state index contributed by atoms with van der Waals surface area (Å²) in [7, 11) is -4.35. The highest BCUT2D eigenvalue weighted by Crippen LogP contribution is 2.58. The molecule has 0 aliphatic heterocycles. The number of aromatic amines is 1. The molecular weight excluding hydrogens is 431 g/mol. The minimum Gasteiger partial charge on any atom is -0.394 e. The van der Waals surface area contributed by atoms with Crippen LogP contribution in [-0.2, 0) is 13.8 Å². The molecule has 0 aromatic carbocycles. The molecule has 2 aromatic rings. The molecule has 0 spiro atoms. The second kappa shape index (κ2) is 9.37. The normalized spacial score (nSPS) is 18.5. The van der Waals surface area contributed by atoms with Gasteiger partial charge in [0.25, 0.3) is 5.56 Å². The zero-order valence-corrected chi connectivity index (χ0v) is 18.9. The number of nitrogens with zero attached hydrogens (tertiary/aromatic N) is 2. The lowest BCUT2D eigenvalue weighted by Gasteiger charge is -2.34. The van der Waals surface area contributed by atoms with Crippen LogP contribution in [0.1, 0.15) is 46.8 Å². The molecule has 0 aliphatic carbocycles. The SMILES string of the molecule is CCC(C)(O)P(=O)(O)OC(C)(C)CCO[C@H]([C@H](O)CO)n1ccc2c(=O)[nH]c(N)nc21. The number of nitrogens with one attached hydrogen (secondary N) is 1. The summed E-state index contributed by atoms with van der Waals surface area (Å²) >= 11 is 0. The molecule has 4 atom stereocenters. The number of aliphatic hydroxyl groups is 3. The lowest BCUT2D eigenvalue weighted by atomic mass is 10.1. The highest BCUT2D eigenvalue weighted by Gasteiger charge is 2.45. The topological polar surface area (TPSA) is 193 Å². The Hall–Kier alpha value is -1.79. The molecule has 2 unspecified atom stereocenters. The molecule has 0 saturated heterocycles. The van der Waals surface area contributed by atoms with E-state index in [2.05, 4.69) is 9.97 Å². The second-order valence-corrected chi connectivity index (χ2v) is 10.3. The van der Waals surface area contributed by atoms with Gasteiger partial charge in [-0.05, 0) is 39.7 Å². The van der Waals surface area contributed by atoms with E-state index in [1.54, 1.807) is 20.8 Å². The number of hydrogen-bond acceptors (Lipinski definition) is 9. The molecule has 176 valence electrons. The van der Waals surface area contributed by atoms with Gasteiger partial charge in [0.05, 0.1) is 24.2 Å². The van der Waals surface area contributed by atoms with Crippen LogP contribution in [0.3, 0.4) is 0 Å². The predicted molar refractivity (Wildman–Crippen MR) is 113 cm³/mol. The third-order valence-electron chi connectivity index (χ3n) is 5.03. The number of nitrogens with two attached hydrogens (primary N) is 1. The summed E-state index contributed by atoms with van der Waals surface area (Å²) in [5.41, 5.74) is 4.15. The zero-order chi connectivity index (χ0) is 23.6. The first-order valence-electron chi connectivity index (χ1n) is 9.77. The molecule has 13 heteroatoms. The maximum Gasteiger partial charge on any atom is 0.359 e. The quantitative estimate of drug-likeness (QED) is 0.258. The molecule has 0 aliphatic rings. The van der Waals surface area contributed by atoms with E-state index in [4.69, 9.17) is 15.0 Å². The molecule has 0 amide bonds. The van der Waals surface area contributed by atoms with Gasteiger partial charge < -0.3 is 39.8 Å². The number of nitrogen functional groups attached to an aromatic ring is 1. The van der Waals surface area contributed by atoms with Crippen molar-refractivity contribution in [2.24, 2.45) is 0 Å². The van der Waals surface area contributed by atoms with Crippen molar-refractivity contribution < 1.29 is 34.0 Å². The third-order valence-corrected chi connectivity index (χ3v) is 7.31. The number of rotatable bonds is 11. The Kier molecular flexibility index (Phi) is 7.70. The number of anilines is 1. The Morgan fingerprint density at radius 2 is 2.03 bits per heavy atom. The second-order valence-electron chi connectivity index (χ2n) is 8.11. The zero-order valence-electron chi connectivity index (χ0n) is 18.0. The summed E-state index contributed by atoms with van der Waals surface area (Å²) in [6, 6.07) is 1.48. The molecule has 7 N–H and O–H groups in total. The van der Waals surface area contributed by atoms with E-state index in [-0.39, 0.29) is 36.4 Å². The number of aliphatic hydroxyl groups excluding tert-OH is 2. The third kappa shape index (κ3) is 5.72. The fourth-order valence-electron chi connectivity index (χ4n) is 2.84. The molecule has 0 radical (unpaired) electrons. The Morgan fingerprint density at radius 1 is 1.39 bits per heavy atom. The van der Waals surface area contributed by atoms with Crippen LogP contribution in [0.25, 0.3) is 11.0 Å². The van der Waals surface area contributed by atoms with Crippen LogP contribution >= 0.6 is 7.60 Å². The van der Waals surface area contributed by atoms with Gasteiger partial charge in [-0.1, -0.05) is 6.92 Å². The number of hydrogen-bond donors (Lipinski definition) is 6. The predicted octanol–water partition coefficient (Wildman–Crippen LogP) is 0.664. The summed E-state index contributed by atoms with van der Waals surface area (Å²) in [5, 5.41) is 28.1. The maximum atomic E-state index is 12.4. The van der Waals surface area contributed by atoms with Crippen molar-refractivity contribution in [3.63, 3.8) is 0 Å². The molecule has 31 heavy (non-hydrogen) atoms. The van der Waals surface area contributed by atoms with Crippen LogP contribution in [0.15, 0.2) is 17.1 Å². The molecule has 0 saturated carbocycles. The van der Waals surface area contributed by atoms with Crippen molar-refractivity contribution in [2.75, 3.05) is 18.9 Å². The summed E-state index contributed by atoms with van der Waals surface area (Å²) < 4.78 is 24.9. The highest BCUT2D eigenvalue weighted by atomic mass is 31.2. The lowest BCUT2D eigenvalue weighted by Crippen LogP contribution is -2.34. The van der Waals surface area contributed by atoms with Crippen LogP contribution in [0.4, 0.5) is 5.95 Å². The Balaban J connectivity index is 2.19. The largest absolute Gasteiger partial charge is 0.394 e. The lowest BCUT2D eigenvalue weighted by molar-refractivity contribution is -0.105. The van der Waals surface area contributed by atoms with Gasteiger partial charge in [-0.3, -0.25) is 14.3 Å². The van der Waals surface area contributed by atoms with Gasteiger partial charge in [-0.2, -0.15) is 4.98 Å². The van der Waals surface area contributed by atoms with E-state index in [0.717, 1.165) is 0 Å². The number of aromatic nitrogens is 3. The average molecular weight is 462 g/mol. The van der Waals surface area contributed by atoms with Crippen molar-refractivity contribution in [3.05, 3.63) is 22.6 Å². The van der Waals surface area contributed by atoms with Crippen molar-refractivity contribution >= 4 is 24.6 Å². The Morgan fingerprint density at radius 3 is 2.61 bits per heavy atom. The first-order valence-corrected chi connectivity index (χ1v) is 11.4. The first kappa shape index (κ1) is 25.5. The van der Waals surface area contributed by atoms with E-state index in [1.165, 1.54) is 23.8 Å². The molecule has 12 nitrogen and oxygen atoms in total. The summed E-state index contributed by atoms with van der Waals surface area (Å²) in [6.07, 6.45) is -0.869. The summed E-state index contributed by atoms with van der Waals surface area (Å²) in [5.74, 6) is -0.120. The molecule has 2 aromatic heterocycles. The van der Waals surface area contributed by atoms with Crippen molar-refractivity contribution in [1.29, 1.82) is 0 Å². The van der Waals surface area contributed by atoms with Crippen molar-refractivity contribution in [2.45, 2.75) is 63.8 Å². The van der Waals surface area contributed by atoms with Gasteiger partial charge in [-0.15, -0.1) is 0 Å². The fourth-order valence-corrected chi connectivity index (χ4v) is 4.19. The smallest absolute Gasteiger partial charge is 0.359 e. The first-order chi connectivity index (χ1) is 14.2. The molecule has 0 fully saturated rings. The number of H-pyrrole nitrogens is 1. The molecule has 2 heterocycles. The Labute approximate surface area is 179 Å². The molecular formula is C18H31N4O8P. The van der Waals surface area contributed by atoms with Crippen LogP contribution in [0.2, 0.25) is 0 Å². The monoisotopic (exact) mass is 462 g/mol. The van der Waals surface area contributed by atoms with Crippen LogP contribution in [-0.4, -0.2) is 65.0 Å². The molecule has 0 bridgehead atoms. The standard InChI is InChI=1S/C18H31N4O8P/c1-5-18(4,26)31(27,28)30-17(2,3)7-9-29-15(12(24)10-23)22-8-6-11-13(22)20-16(19)21-14(11)25/h6,8,12,15,23-24,26H,5,7,9-10H2,1-4H3,(H,27,28)(H3,19,20,21,25)/t12-,15-,18?/m1/s1. The average Bonchev–Trinajstić information content (AvgIpc) is 3.07. The van der Waals surface area contributed by atoms with Gasteiger partial charge in [0.15, 0.2) is 17.2 Å². The van der Waals surface area contributed by atoms with Crippen LogP contribution in [0.5, 0.6) is 0 Å². The van der Waals surface area contributed by atoms with Gasteiger partial charge in [0.2, 0.25) is 5.95 Å². The molecule has 2 rings (SSSR count). The van der Waals surface area contributed by atoms with E-state index in [9.17, 15) is 29.6 Å². The van der Waals surface area contributed by atoms with Crippen molar-refractivity contribution in [3.8, 4) is 0 Å². The number of ether oxygens (including phenoxy) is 1. The van der Waals surface area contributed by atoms with Gasteiger partial charge in [-0.25, -0.2) is 0 Å². The van der Waals surface area contributed by atoms with Crippen molar-refractivity contribution in [1.82, 2.24) is 14.5 Å². The van der Waals surface area contributed by atoms with Gasteiger partial charge >= 0.3 is 7.60 Å². The van der Waals surface area contributed by atoms with Crippen LogP contribution in [0, 0.1) is 0 Å². The van der Waals surface area contributed by atoms with E-state index < -0.39 is 43.0 Å². The Bertz CT molecular complexity index is 1000. The van der Waals surface area contributed by atoms with E-state index in [0.29, 0.717) is 0 Å². The minimum absolute atomic E-state index is 0.0219. The fraction of sp³-hybridized carbons (Fsp3) is 0.667.